The van der Waals surface area contributed by atoms with Crippen LogP contribution in [-0.4, -0.2) is 17.1 Å². The van der Waals surface area contributed by atoms with E-state index in [1.165, 1.54) is 0 Å². The van der Waals surface area contributed by atoms with Gasteiger partial charge < -0.3 is 15.8 Å². The van der Waals surface area contributed by atoms with Gasteiger partial charge in [0.1, 0.15) is 23.2 Å². The van der Waals surface area contributed by atoms with Crippen LogP contribution in [0.2, 0.25) is 0 Å². The lowest BCUT2D eigenvalue weighted by Crippen LogP contribution is -2.04. The highest BCUT2D eigenvalue weighted by Gasteiger charge is 2.09. The topological polar surface area (TPSA) is 73.1 Å². The van der Waals surface area contributed by atoms with E-state index in [0.29, 0.717) is 11.6 Å². The fourth-order valence-corrected chi connectivity index (χ4v) is 3.09. The first-order valence-corrected chi connectivity index (χ1v) is 8.05. The van der Waals surface area contributed by atoms with Gasteiger partial charge in [0.05, 0.1) is 17.3 Å². The van der Waals surface area contributed by atoms with Crippen molar-refractivity contribution >= 4 is 49.2 Å². The third-order valence-corrected chi connectivity index (χ3v) is 4.05. The van der Waals surface area contributed by atoms with Gasteiger partial charge >= 0.3 is 0 Å². The molecule has 3 N–H and O–H groups in total. The molecule has 0 spiro atoms. The van der Waals surface area contributed by atoms with Gasteiger partial charge in [-0.3, -0.25) is 0 Å². The zero-order chi connectivity index (χ0) is 15.4. The average molecular weight is 416 g/mol. The number of methoxy groups -OCH3 is 1. The Morgan fingerprint density at radius 1 is 1.19 bits per heavy atom. The summed E-state index contributed by atoms with van der Waals surface area (Å²) in [4.78, 5) is 8.68. The minimum Gasteiger partial charge on any atom is -0.495 e. The Bertz CT molecular complexity index is 649. The first kappa shape index (κ1) is 16.0. The summed E-state index contributed by atoms with van der Waals surface area (Å²) in [6, 6.07) is 5.50. The van der Waals surface area contributed by atoms with Crippen molar-refractivity contribution in [2.75, 3.05) is 18.2 Å². The smallest absolute Gasteiger partial charge is 0.136 e. The molecule has 0 radical (unpaired) electrons. The second-order valence-electron chi connectivity index (χ2n) is 4.44. The average Bonchev–Trinajstić information content (AvgIpc) is 2.41. The Labute approximate surface area is 140 Å². The van der Waals surface area contributed by atoms with Gasteiger partial charge in [0.25, 0.3) is 0 Å². The van der Waals surface area contributed by atoms with Crippen molar-refractivity contribution in [1.82, 2.24) is 9.97 Å². The number of ether oxygens (including phenoxy) is 1. The van der Waals surface area contributed by atoms with Gasteiger partial charge in [-0.2, -0.15) is 0 Å². The van der Waals surface area contributed by atoms with E-state index in [1.807, 2.05) is 12.1 Å². The number of nitrogens with one attached hydrogen (secondary N) is 1. The lowest BCUT2D eigenvalue weighted by Gasteiger charge is -2.12. The SMILES string of the molecule is CCCc1nc(N)cc(Nc2cc(OC)c(Br)cc2Br)n1. The molecule has 0 atom stereocenters. The Kier molecular flexibility index (Phi) is 5.41. The van der Waals surface area contributed by atoms with Crippen molar-refractivity contribution in [3.05, 3.63) is 33.0 Å². The van der Waals surface area contributed by atoms with Gasteiger partial charge in [0, 0.05) is 23.0 Å². The molecule has 1 aromatic heterocycles. The molecule has 2 aromatic rings. The second kappa shape index (κ2) is 7.09. The van der Waals surface area contributed by atoms with Crippen LogP contribution in [0.3, 0.4) is 0 Å². The number of benzene rings is 1. The van der Waals surface area contributed by atoms with Gasteiger partial charge in [0.15, 0.2) is 0 Å². The summed E-state index contributed by atoms with van der Waals surface area (Å²) in [5.41, 5.74) is 6.67. The zero-order valence-corrected chi connectivity index (χ0v) is 15.0. The summed E-state index contributed by atoms with van der Waals surface area (Å²) in [7, 11) is 1.62. The van der Waals surface area contributed by atoms with E-state index in [0.717, 1.165) is 39.0 Å². The van der Waals surface area contributed by atoms with Crippen molar-refractivity contribution < 1.29 is 4.74 Å². The van der Waals surface area contributed by atoms with E-state index in [-0.39, 0.29) is 0 Å². The molecule has 7 heteroatoms. The molecule has 0 saturated heterocycles. The van der Waals surface area contributed by atoms with Crippen LogP contribution in [0.15, 0.2) is 27.1 Å². The Morgan fingerprint density at radius 3 is 2.62 bits per heavy atom. The van der Waals surface area contributed by atoms with Crippen molar-refractivity contribution in [2.24, 2.45) is 0 Å². The second-order valence-corrected chi connectivity index (χ2v) is 6.14. The first-order valence-electron chi connectivity index (χ1n) is 6.47. The summed E-state index contributed by atoms with van der Waals surface area (Å²) in [5, 5.41) is 3.23. The van der Waals surface area contributed by atoms with Gasteiger partial charge in [-0.15, -0.1) is 0 Å². The van der Waals surface area contributed by atoms with Crippen molar-refractivity contribution in [3.63, 3.8) is 0 Å². The maximum atomic E-state index is 5.83. The van der Waals surface area contributed by atoms with Crippen LogP contribution in [0, 0.1) is 0 Å². The molecule has 0 aliphatic rings. The third-order valence-electron chi connectivity index (χ3n) is 2.77. The number of hydrogen-bond donors (Lipinski definition) is 2. The molecule has 1 aromatic carbocycles. The van der Waals surface area contributed by atoms with Crippen LogP contribution in [0.4, 0.5) is 17.3 Å². The van der Waals surface area contributed by atoms with E-state index in [9.17, 15) is 0 Å². The van der Waals surface area contributed by atoms with Gasteiger partial charge in [-0.25, -0.2) is 9.97 Å². The highest BCUT2D eigenvalue weighted by atomic mass is 79.9. The minimum atomic E-state index is 0.455. The number of hydrogen-bond acceptors (Lipinski definition) is 5. The summed E-state index contributed by atoms with van der Waals surface area (Å²) >= 11 is 6.96. The van der Waals surface area contributed by atoms with E-state index in [4.69, 9.17) is 10.5 Å². The van der Waals surface area contributed by atoms with Crippen molar-refractivity contribution in [1.29, 1.82) is 0 Å². The molecule has 5 nitrogen and oxygen atoms in total. The monoisotopic (exact) mass is 414 g/mol. The molecule has 21 heavy (non-hydrogen) atoms. The van der Waals surface area contributed by atoms with E-state index >= 15 is 0 Å². The highest BCUT2D eigenvalue weighted by molar-refractivity contribution is 9.11. The van der Waals surface area contributed by atoms with E-state index in [2.05, 4.69) is 54.1 Å². The molecule has 0 amide bonds. The van der Waals surface area contributed by atoms with Crippen LogP contribution < -0.4 is 15.8 Å². The fraction of sp³-hybridized carbons (Fsp3) is 0.286. The predicted molar refractivity (Wildman–Crippen MR) is 92.1 cm³/mol. The minimum absolute atomic E-state index is 0.455. The van der Waals surface area contributed by atoms with Crippen LogP contribution in [0.1, 0.15) is 19.2 Å². The number of rotatable bonds is 5. The Hall–Kier alpha value is -1.34. The molecule has 2 rings (SSSR count). The Balaban J connectivity index is 2.33. The summed E-state index contributed by atoms with van der Waals surface area (Å²) in [6.45, 7) is 2.08. The molecule has 0 fully saturated rings. The fourth-order valence-electron chi connectivity index (χ4n) is 1.84. The summed E-state index contributed by atoms with van der Waals surface area (Å²) in [6.07, 6.45) is 1.77. The lowest BCUT2D eigenvalue weighted by molar-refractivity contribution is 0.412. The van der Waals surface area contributed by atoms with Crippen LogP contribution in [0.25, 0.3) is 0 Å². The van der Waals surface area contributed by atoms with Crippen molar-refractivity contribution in [2.45, 2.75) is 19.8 Å². The summed E-state index contributed by atoms with van der Waals surface area (Å²) < 4.78 is 7.06. The molecule has 0 bridgehead atoms. The number of anilines is 3. The van der Waals surface area contributed by atoms with E-state index < -0.39 is 0 Å². The maximum absolute atomic E-state index is 5.83. The molecule has 112 valence electrons. The zero-order valence-electron chi connectivity index (χ0n) is 11.8. The normalized spacial score (nSPS) is 10.5. The number of aryl methyl sites for hydroxylation is 1. The molecule has 1 heterocycles. The quantitative estimate of drug-likeness (QED) is 0.761. The summed E-state index contributed by atoms with van der Waals surface area (Å²) in [5.74, 6) is 2.59. The van der Waals surface area contributed by atoms with Gasteiger partial charge in [0.2, 0.25) is 0 Å². The van der Waals surface area contributed by atoms with Crippen LogP contribution in [0.5, 0.6) is 5.75 Å². The van der Waals surface area contributed by atoms with E-state index in [1.54, 1.807) is 13.2 Å². The molecular formula is C14H16Br2N4O. The molecular weight excluding hydrogens is 400 g/mol. The molecule has 0 saturated carbocycles. The van der Waals surface area contributed by atoms with Gasteiger partial charge in [-0.05, 0) is 44.3 Å². The molecule has 0 aliphatic heterocycles. The third kappa shape index (κ3) is 4.07. The highest BCUT2D eigenvalue weighted by Crippen LogP contribution is 2.35. The molecule has 0 unspecified atom stereocenters. The largest absolute Gasteiger partial charge is 0.495 e. The Morgan fingerprint density at radius 2 is 1.95 bits per heavy atom. The van der Waals surface area contributed by atoms with Crippen molar-refractivity contribution in [3.8, 4) is 5.75 Å². The number of nitrogens with zero attached hydrogens (tertiary/aromatic N) is 2. The first-order chi connectivity index (χ1) is 10.0. The number of nitrogens with two attached hydrogens (primary N) is 1. The number of halogens is 2. The van der Waals surface area contributed by atoms with Crippen LogP contribution in [-0.2, 0) is 6.42 Å². The maximum Gasteiger partial charge on any atom is 0.136 e. The number of nitrogen functional groups attached to an aromatic ring is 1. The number of aromatic nitrogens is 2. The van der Waals surface area contributed by atoms with Crippen LogP contribution >= 0.6 is 31.9 Å². The molecule has 0 aliphatic carbocycles. The van der Waals surface area contributed by atoms with Gasteiger partial charge in [-0.1, -0.05) is 6.92 Å². The standard InChI is InChI=1S/C14H16Br2N4O/c1-3-4-13-19-12(17)7-14(20-13)18-10-6-11(21-2)9(16)5-8(10)15/h5-7H,3-4H2,1-2H3,(H3,17,18,19,20). The lowest BCUT2D eigenvalue weighted by atomic mass is 10.3. The predicted octanol–water partition coefficient (Wildman–Crippen LogP) is 4.29.